The number of halogens is 1. The lowest BCUT2D eigenvalue weighted by molar-refractivity contribution is -0.139. The molecular weight excluding hydrogens is 300 g/mol. The average molecular weight is 315 g/mol. The summed E-state index contributed by atoms with van der Waals surface area (Å²) in [6, 6.07) is 4.03. The van der Waals surface area contributed by atoms with Crippen LogP contribution in [0.2, 0.25) is 0 Å². The first-order chi connectivity index (χ1) is 8.43. The number of urea groups is 1. The Hall–Kier alpha value is -1.56. The number of carbonyl (C=O) groups is 2. The fourth-order valence-corrected chi connectivity index (χ4v) is 1.90. The summed E-state index contributed by atoms with van der Waals surface area (Å²) >= 11 is 3.33. The largest absolute Gasteiger partial charge is 0.480 e. The molecule has 0 aliphatic heterocycles. The smallest absolute Gasteiger partial charge is 0.326 e. The fourth-order valence-electron chi connectivity index (χ4n) is 1.42. The van der Waals surface area contributed by atoms with E-state index in [0.29, 0.717) is 12.1 Å². The van der Waals surface area contributed by atoms with Crippen LogP contribution >= 0.6 is 15.9 Å². The number of rotatable bonds is 4. The van der Waals surface area contributed by atoms with Gasteiger partial charge in [-0.3, -0.25) is 0 Å². The zero-order chi connectivity index (χ0) is 13.7. The minimum absolute atomic E-state index is 0.335. The zero-order valence-electron chi connectivity index (χ0n) is 10.2. The normalized spacial score (nSPS) is 11.7. The van der Waals surface area contributed by atoms with E-state index in [0.717, 1.165) is 10.0 Å². The van der Waals surface area contributed by atoms with E-state index in [4.69, 9.17) is 5.11 Å². The van der Waals surface area contributed by atoms with E-state index in [-0.39, 0.29) is 0 Å². The average Bonchev–Trinajstić information content (AvgIpc) is 2.29. The molecule has 18 heavy (non-hydrogen) atoms. The number of aryl methyl sites for hydroxylation is 1. The third-order valence-electron chi connectivity index (χ3n) is 2.45. The molecular formula is C12H15BrN2O3. The summed E-state index contributed by atoms with van der Waals surface area (Å²) in [6.45, 7) is 3.55. The Kier molecular flexibility index (Phi) is 5.15. The van der Waals surface area contributed by atoms with Crippen molar-refractivity contribution in [3.05, 3.63) is 28.2 Å². The number of hydrogen-bond acceptors (Lipinski definition) is 2. The van der Waals surface area contributed by atoms with Crippen LogP contribution in [0.4, 0.5) is 10.5 Å². The first-order valence-corrected chi connectivity index (χ1v) is 6.29. The summed E-state index contributed by atoms with van der Waals surface area (Å²) in [5, 5.41) is 13.8. The van der Waals surface area contributed by atoms with Gasteiger partial charge in [-0.25, -0.2) is 9.59 Å². The highest BCUT2D eigenvalue weighted by atomic mass is 79.9. The van der Waals surface area contributed by atoms with E-state index in [2.05, 4.69) is 26.6 Å². The van der Waals surface area contributed by atoms with Gasteiger partial charge in [-0.2, -0.15) is 0 Å². The van der Waals surface area contributed by atoms with Crippen molar-refractivity contribution in [3.63, 3.8) is 0 Å². The number of aliphatic carboxylic acids is 1. The van der Waals surface area contributed by atoms with Crippen molar-refractivity contribution < 1.29 is 14.7 Å². The molecule has 98 valence electrons. The minimum atomic E-state index is -1.04. The maximum absolute atomic E-state index is 11.6. The molecule has 0 spiro atoms. The SMILES string of the molecule is CC[C@H](NC(=O)Nc1ccc(Br)cc1C)C(=O)O. The number of benzene rings is 1. The highest BCUT2D eigenvalue weighted by Gasteiger charge is 2.17. The summed E-state index contributed by atoms with van der Waals surface area (Å²) < 4.78 is 0.919. The Morgan fingerprint density at radius 1 is 1.44 bits per heavy atom. The van der Waals surface area contributed by atoms with Crippen LogP contribution in [0, 0.1) is 6.92 Å². The van der Waals surface area contributed by atoms with Crippen molar-refractivity contribution in [1.82, 2.24) is 5.32 Å². The monoisotopic (exact) mass is 314 g/mol. The van der Waals surface area contributed by atoms with E-state index in [9.17, 15) is 9.59 Å². The second kappa shape index (κ2) is 6.39. The molecule has 0 aliphatic carbocycles. The maximum atomic E-state index is 11.6. The van der Waals surface area contributed by atoms with Gasteiger partial charge in [0.1, 0.15) is 6.04 Å². The van der Waals surface area contributed by atoms with Crippen LogP contribution in [-0.4, -0.2) is 23.1 Å². The molecule has 2 amide bonds. The summed E-state index contributed by atoms with van der Waals surface area (Å²) in [6.07, 6.45) is 0.335. The molecule has 6 heteroatoms. The topological polar surface area (TPSA) is 78.4 Å². The van der Waals surface area contributed by atoms with Gasteiger partial charge in [-0.05, 0) is 37.1 Å². The van der Waals surface area contributed by atoms with E-state index in [1.54, 1.807) is 19.1 Å². The molecule has 0 saturated heterocycles. The Balaban J connectivity index is 2.67. The summed E-state index contributed by atoms with van der Waals surface area (Å²) in [7, 11) is 0. The van der Waals surface area contributed by atoms with E-state index < -0.39 is 18.0 Å². The van der Waals surface area contributed by atoms with Gasteiger partial charge >= 0.3 is 12.0 Å². The molecule has 5 nitrogen and oxygen atoms in total. The summed E-state index contributed by atoms with van der Waals surface area (Å²) in [5.41, 5.74) is 1.54. The predicted octanol–water partition coefficient (Wildman–Crippen LogP) is 2.74. The number of nitrogens with one attached hydrogen (secondary N) is 2. The molecule has 0 fully saturated rings. The van der Waals surface area contributed by atoms with Crippen LogP contribution in [0.3, 0.4) is 0 Å². The molecule has 1 aromatic rings. The minimum Gasteiger partial charge on any atom is -0.480 e. The standard InChI is InChI=1S/C12H15BrN2O3/c1-3-9(11(16)17)14-12(18)15-10-5-4-8(13)6-7(10)2/h4-6,9H,3H2,1-2H3,(H,16,17)(H2,14,15,18)/t9-/m0/s1. The number of carboxylic acid groups (broad SMARTS) is 1. The number of amides is 2. The van der Waals surface area contributed by atoms with Gasteiger partial charge in [-0.15, -0.1) is 0 Å². The van der Waals surface area contributed by atoms with Crippen LogP contribution in [0.5, 0.6) is 0 Å². The predicted molar refractivity (Wildman–Crippen MR) is 72.7 cm³/mol. The number of hydrogen-bond donors (Lipinski definition) is 3. The van der Waals surface area contributed by atoms with Crippen LogP contribution in [0.1, 0.15) is 18.9 Å². The van der Waals surface area contributed by atoms with Crippen LogP contribution in [-0.2, 0) is 4.79 Å². The molecule has 1 aromatic carbocycles. The number of carbonyl (C=O) groups excluding carboxylic acids is 1. The first-order valence-electron chi connectivity index (χ1n) is 5.50. The molecule has 0 unspecified atom stereocenters. The van der Waals surface area contributed by atoms with Gasteiger partial charge in [0.25, 0.3) is 0 Å². The van der Waals surface area contributed by atoms with Crippen molar-refractivity contribution in [1.29, 1.82) is 0 Å². The van der Waals surface area contributed by atoms with Gasteiger partial charge in [0.05, 0.1) is 0 Å². The molecule has 3 N–H and O–H groups in total. The van der Waals surface area contributed by atoms with Crippen LogP contribution in [0.15, 0.2) is 22.7 Å². The highest BCUT2D eigenvalue weighted by molar-refractivity contribution is 9.10. The molecule has 0 bridgehead atoms. The molecule has 0 aliphatic rings. The fraction of sp³-hybridized carbons (Fsp3) is 0.333. The zero-order valence-corrected chi connectivity index (χ0v) is 11.7. The quantitative estimate of drug-likeness (QED) is 0.799. The second-order valence-corrected chi connectivity index (χ2v) is 4.77. The summed E-state index contributed by atoms with van der Waals surface area (Å²) in [5.74, 6) is -1.04. The number of anilines is 1. The molecule has 0 radical (unpaired) electrons. The number of carboxylic acids is 1. The molecule has 0 heterocycles. The Labute approximate surface area is 114 Å². The second-order valence-electron chi connectivity index (χ2n) is 3.86. The maximum Gasteiger partial charge on any atom is 0.326 e. The third kappa shape index (κ3) is 4.03. The van der Waals surface area contributed by atoms with E-state index >= 15 is 0 Å². The summed E-state index contributed by atoms with van der Waals surface area (Å²) in [4.78, 5) is 22.4. The Morgan fingerprint density at radius 3 is 2.61 bits per heavy atom. The van der Waals surface area contributed by atoms with Crippen molar-refractivity contribution >= 4 is 33.6 Å². The van der Waals surface area contributed by atoms with Crippen molar-refractivity contribution in [3.8, 4) is 0 Å². The van der Waals surface area contributed by atoms with Crippen molar-refractivity contribution in [2.75, 3.05) is 5.32 Å². The Morgan fingerprint density at radius 2 is 2.11 bits per heavy atom. The van der Waals surface area contributed by atoms with E-state index in [1.807, 2.05) is 13.0 Å². The van der Waals surface area contributed by atoms with Gasteiger partial charge in [-0.1, -0.05) is 22.9 Å². The Bertz CT molecular complexity index is 463. The highest BCUT2D eigenvalue weighted by Crippen LogP contribution is 2.19. The molecule has 0 aromatic heterocycles. The molecule has 1 atom stereocenters. The molecule has 1 rings (SSSR count). The first kappa shape index (κ1) is 14.5. The van der Waals surface area contributed by atoms with Crippen LogP contribution < -0.4 is 10.6 Å². The molecule has 0 saturated carbocycles. The van der Waals surface area contributed by atoms with Gasteiger partial charge in [0.2, 0.25) is 0 Å². The van der Waals surface area contributed by atoms with Gasteiger partial charge in [0.15, 0.2) is 0 Å². The lowest BCUT2D eigenvalue weighted by Gasteiger charge is -2.14. The lowest BCUT2D eigenvalue weighted by atomic mass is 10.2. The van der Waals surface area contributed by atoms with Gasteiger partial charge in [0, 0.05) is 10.2 Å². The lowest BCUT2D eigenvalue weighted by Crippen LogP contribution is -2.42. The van der Waals surface area contributed by atoms with Crippen LogP contribution in [0.25, 0.3) is 0 Å². The third-order valence-corrected chi connectivity index (χ3v) is 2.94. The van der Waals surface area contributed by atoms with Crippen molar-refractivity contribution in [2.24, 2.45) is 0 Å². The van der Waals surface area contributed by atoms with Gasteiger partial charge < -0.3 is 15.7 Å². The van der Waals surface area contributed by atoms with Crippen molar-refractivity contribution in [2.45, 2.75) is 26.3 Å². The van der Waals surface area contributed by atoms with E-state index in [1.165, 1.54) is 0 Å².